The van der Waals surface area contributed by atoms with Crippen molar-refractivity contribution in [2.24, 2.45) is 5.84 Å². The molecule has 0 atom stereocenters. The molecule has 1 aromatic rings. The fourth-order valence-electron chi connectivity index (χ4n) is 1.81. The van der Waals surface area contributed by atoms with Crippen molar-refractivity contribution >= 4 is 17.8 Å². The van der Waals surface area contributed by atoms with Gasteiger partial charge in [-0.3, -0.25) is 5.43 Å². The number of hydrogen-bond donors (Lipinski definition) is 2. The Morgan fingerprint density at radius 1 is 1.40 bits per heavy atom. The summed E-state index contributed by atoms with van der Waals surface area (Å²) in [6, 6.07) is 2.09. The summed E-state index contributed by atoms with van der Waals surface area (Å²) < 4.78 is 5.31. The fourth-order valence-corrected chi connectivity index (χ4v) is 1.81. The Labute approximate surface area is 117 Å². The van der Waals surface area contributed by atoms with E-state index >= 15 is 0 Å². The molecule has 1 aromatic heterocycles. The summed E-state index contributed by atoms with van der Waals surface area (Å²) in [5.41, 5.74) is 2.45. The summed E-state index contributed by atoms with van der Waals surface area (Å²) in [6.45, 7) is 3.31. The van der Waals surface area contributed by atoms with E-state index in [4.69, 9.17) is 15.8 Å². The predicted molar refractivity (Wildman–Crippen MR) is 74.2 cm³/mol. The molecule has 1 saturated heterocycles. The van der Waals surface area contributed by atoms with Gasteiger partial charge in [0.25, 0.3) is 0 Å². The van der Waals surface area contributed by atoms with E-state index in [1.807, 2.05) is 11.9 Å². The molecule has 0 aromatic carbocycles. The first-order valence-electron chi connectivity index (χ1n) is 6.38. The van der Waals surface area contributed by atoms with Gasteiger partial charge in [0.1, 0.15) is 0 Å². The highest BCUT2D eigenvalue weighted by molar-refractivity contribution is 5.44. The number of rotatable bonds is 5. The van der Waals surface area contributed by atoms with Gasteiger partial charge in [0.15, 0.2) is 0 Å². The molecule has 0 amide bonds. The Morgan fingerprint density at radius 2 is 2.15 bits per heavy atom. The molecule has 0 saturated carbocycles. The van der Waals surface area contributed by atoms with E-state index in [0.29, 0.717) is 44.0 Å². The van der Waals surface area contributed by atoms with Crippen LogP contribution >= 0.6 is 0 Å². The number of aromatic nitrogens is 3. The van der Waals surface area contributed by atoms with Gasteiger partial charge in [-0.25, -0.2) is 5.84 Å². The van der Waals surface area contributed by atoms with Gasteiger partial charge in [-0.2, -0.15) is 20.2 Å². The van der Waals surface area contributed by atoms with E-state index in [0.717, 1.165) is 13.1 Å². The number of nitrogens with two attached hydrogens (primary N) is 1. The van der Waals surface area contributed by atoms with Crippen molar-refractivity contribution in [3.63, 3.8) is 0 Å². The second-order valence-corrected chi connectivity index (χ2v) is 4.33. The lowest BCUT2D eigenvalue weighted by atomic mass is 10.4. The Hall–Kier alpha value is -2.18. The molecule has 2 heterocycles. The normalized spacial score (nSPS) is 14.8. The maximum absolute atomic E-state index is 8.64. The van der Waals surface area contributed by atoms with Crippen LogP contribution < -0.4 is 21.1 Å². The van der Waals surface area contributed by atoms with Crippen LogP contribution in [0.15, 0.2) is 0 Å². The van der Waals surface area contributed by atoms with E-state index in [-0.39, 0.29) is 0 Å². The van der Waals surface area contributed by atoms with Gasteiger partial charge in [-0.05, 0) is 0 Å². The van der Waals surface area contributed by atoms with Crippen LogP contribution in [0.5, 0.6) is 0 Å². The number of nitrogens with zero attached hydrogens (tertiary/aromatic N) is 6. The largest absolute Gasteiger partial charge is 0.378 e. The smallest absolute Gasteiger partial charge is 0.243 e. The first-order valence-corrected chi connectivity index (χ1v) is 6.38. The van der Waals surface area contributed by atoms with E-state index in [1.165, 1.54) is 0 Å². The molecule has 0 spiro atoms. The number of nitriles is 1. The summed E-state index contributed by atoms with van der Waals surface area (Å²) >= 11 is 0. The fraction of sp³-hybridized carbons (Fsp3) is 0.636. The molecule has 20 heavy (non-hydrogen) atoms. The molecule has 0 bridgehead atoms. The number of anilines is 3. The zero-order chi connectivity index (χ0) is 14.4. The van der Waals surface area contributed by atoms with Crippen molar-refractivity contribution in [3.05, 3.63) is 0 Å². The summed E-state index contributed by atoms with van der Waals surface area (Å²) in [5, 5.41) is 8.64. The van der Waals surface area contributed by atoms with Gasteiger partial charge < -0.3 is 14.5 Å². The van der Waals surface area contributed by atoms with Gasteiger partial charge in [0.2, 0.25) is 17.8 Å². The zero-order valence-electron chi connectivity index (χ0n) is 11.4. The summed E-state index contributed by atoms with van der Waals surface area (Å²) in [5.74, 6) is 6.76. The minimum absolute atomic E-state index is 0.306. The monoisotopic (exact) mass is 278 g/mol. The third-order valence-electron chi connectivity index (χ3n) is 2.94. The lowest BCUT2D eigenvalue weighted by Gasteiger charge is -2.27. The topological polar surface area (TPSA) is 116 Å². The van der Waals surface area contributed by atoms with E-state index < -0.39 is 0 Å². The third kappa shape index (κ3) is 3.43. The van der Waals surface area contributed by atoms with E-state index in [9.17, 15) is 0 Å². The Bertz CT molecular complexity index is 482. The van der Waals surface area contributed by atoms with Crippen LogP contribution in [-0.2, 0) is 4.74 Å². The van der Waals surface area contributed by atoms with Crippen LogP contribution in [0.4, 0.5) is 17.8 Å². The summed E-state index contributed by atoms with van der Waals surface area (Å²) in [7, 11) is 1.83. The van der Waals surface area contributed by atoms with Crippen molar-refractivity contribution in [2.45, 2.75) is 6.42 Å². The average molecular weight is 278 g/mol. The van der Waals surface area contributed by atoms with Crippen molar-refractivity contribution < 1.29 is 4.74 Å². The van der Waals surface area contributed by atoms with Crippen molar-refractivity contribution in [1.29, 1.82) is 5.26 Å². The maximum Gasteiger partial charge on any atom is 0.243 e. The second kappa shape index (κ2) is 6.83. The number of hydrogen-bond acceptors (Lipinski definition) is 9. The van der Waals surface area contributed by atoms with Crippen molar-refractivity contribution in [2.75, 3.05) is 55.1 Å². The molecule has 1 fully saturated rings. The van der Waals surface area contributed by atoms with Crippen LogP contribution in [0.3, 0.4) is 0 Å². The van der Waals surface area contributed by atoms with E-state index in [2.05, 4.69) is 26.4 Å². The molecular weight excluding hydrogens is 260 g/mol. The van der Waals surface area contributed by atoms with Gasteiger partial charge >= 0.3 is 0 Å². The molecular formula is C11H18N8O. The number of nitrogen functional groups attached to an aromatic ring is 1. The Morgan fingerprint density at radius 3 is 2.80 bits per heavy atom. The van der Waals surface area contributed by atoms with Crippen LogP contribution in [0, 0.1) is 11.3 Å². The molecule has 108 valence electrons. The molecule has 0 aliphatic carbocycles. The lowest BCUT2D eigenvalue weighted by molar-refractivity contribution is 0.122. The zero-order valence-corrected chi connectivity index (χ0v) is 11.4. The number of nitrogens with one attached hydrogen (secondary N) is 1. The lowest BCUT2D eigenvalue weighted by Crippen LogP contribution is -2.38. The standard InChI is InChI=1S/C11H18N8O/c1-18(4-2-3-12)10-14-9(17-13)15-11(16-10)19-5-7-20-8-6-19/h2,4-8,13H2,1H3,(H,14,15,16,17). The van der Waals surface area contributed by atoms with Gasteiger partial charge in [-0.1, -0.05) is 0 Å². The van der Waals surface area contributed by atoms with Gasteiger partial charge in [0, 0.05) is 26.7 Å². The molecule has 0 radical (unpaired) electrons. The van der Waals surface area contributed by atoms with Crippen LogP contribution in [-0.4, -0.2) is 54.8 Å². The van der Waals surface area contributed by atoms with Crippen LogP contribution in [0.1, 0.15) is 6.42 Å². The molecule has 9 heteroatoms. The molecule has 1 aliphatic rings. The number of morpholine rings is 1. The number of ether oxygens (including phenoxy) is 1. The molecule has 2 rings (SSSR count). The third-order valence-corrected chi connectivity index (χ3v) is 2.94. The minimum atomic E-state index is 0.306. The van der Waals surface area contributed by atoms with Crippen molar-refractivity contribution in [1.82, 2.24) is 15.0 Å². The molecule has 3 N–H and O–H groups in total. The van der Waals surface area contributed by atoms with E-state index in [1.54, 1.807) is 4.90 Å². The molecule has 0 unspecified atom stereocenters. The first-order chi connectivity index (χ1) is 9.74. The molecule has 9 nitrogen and oxygen atoms in total. The quantitative estimate of drug-likeness (QED) is 0.535. The van der Waals surface area contributed by atoms with Crippen molar-refractivity contribution in [3.8, 4) is 6.07 Å². The van der Waals surface area contributed by atoms with Gasteiger partial charge in [-0.15, -0.1) is 0 Å². The highest BCUT2D eigenvalue weighted by atomic mass is 16.5. The predicted octanol–water partition coefficient (Wildman–Crippen LogP) is -0.656. The van der Waals surface area contributed by atoms with Crippen LogP contribution in [0.25, 0.3) is 0 Å². The summed E-state index contributed by atoms with van der Waals surface area (Å²) in [6.07, 6.45) is 0.403. The Kier molecular flexibility index (Phi) is 4.86. The van der Waals surface area contributed by atoms with Gasteiger partial charge in [0.05, 0.1) is 25.7 Å². The minimum Gasteiger partial charge on any atom is -0.378 e. The average Bonchev–Trinajstić information content (AvgIpc) is 2.52. The maximum atomic E-state index is 8.64. The van der Waals surface area contributed by atoms with Crippen LogP contribution in [0.2, 0.25) is 0 Å². The molecule has 1 aliphatic heterocycles. The first kappa shape index (κ1) is 14.2. The highest BCUT2D eigenvalue weighted by Crippen LogP contribution is 2.16. The SMILES string of the molecule is CN(CCC#N)c1nc(NN)nc(N2CCOCC2)n1. The highest BCUT2D eigenvalue weighted by Gasteiger charge is 2.17. The number of hydrazine groups is 1. The Balaban J connectivity index is 2.21. The second-order valence-electron chi connectivity index (χ2n) is 4.33. The summed E-state index contributed by atoms with van der Waals surface area (Å²) in [4.78, 5) is 16.7.